The number of aromatic carboxylic acids is 1. The molecule has 3 aromatic rings. The summed E-state index contributed by atoms with van der Waals surface area (Å²) in [4.78, 5) is 16.1. The third kappa shape index (κ3) is 2.69. The molecule has 0 aliphatic carbocycles. The number of fused-ring (bicyclic) bond motifs is 1. The summed E-state index contributed by atoms with van der Waals surface area (Å²) in [6.45, 7) is 3.73. The van der Waals surface area contributed by atoms with Gasteiger partial charge in [0.05, 0.1) is 21.3 Å². The largest absolute Gasteiger partial charge is 0.492 e. The van der Waals surface area contributed by atoms with Crippen LogP contribution in [-0.2, 0) is 0 Å². The number of ether oxygens (including phenoxy) is 3. The number of nitrogens with zero attached hydrogens (tertiary/aromatic N) is 3. The molecule has 2 heterocycles. The summed E-state index contributed by atoms with van der Waals surface area (Å²) in [7, 11) is 4.31. The molecule has 0 spiro atoms. The molecular weight excluding hydrogens is 338 g/mol. The van der Waals surface area contributed by atoms with Crippen molar-refractivity contribution in [2.45, 2.75) is 13.8 Å². The van der Waals surface area contributed by atoms with Crippen LogP contribution in [0.3, 0.4) is 0 Å². The van der Waals surface area contributed by atoms with Crippen molar-refractivity contribution in [3.05, 3.63) is 35.3 Å². The van der Waals surface area contributed by atoms with Crippen molar-refractivity contribution in [1.82, 2.24) is 14.6 Å². The molecule has 0 unspecified atom stereocenters. The Kier molecular flexibility index (Phi) is 4.41. The number of pyridine rings is 1. The zero-order valence-corrected chi connectivity index (χ0v) is 15.2. The van der Waals surface area contributed by atoms with E-state index in [0.717, 1.165) is 16.8 Å². The van der Waals surface area contributed by atoms with Gasteiger partial charge >= 0.3 is 5.97 Å². The summed E-state index contributed by atoms with van der Waals surface area (Å²) < 4.78 is 17.8. The predicted octanol–water partition coefficient (Wildman–Crippen LogP) is 2.74. The summed E-state index contributed by atoms with van der Waals surface area (Å²) >= 11 is 0. The summed E-state index contributed by atoms with van der Waals surface area (Å²) in [6, 6.07) is 3.41. The maximum absolute atomic E-state index is 11.7. The highest BCUT2D eigenvalue weighted by molar-refractivity contribution is 5.96. The van der Waals surface area contributed by atoms with E-state index in [1.54, 1.807) is 10.7 Å². The van der Waals surface area contributed by atoms with E-state index in [1.165, 1.54) is 27.4 Å². The van der Waals surface area contributed by atoms with Crippen LogP contribution >= 0.6 is 0 Å². The van der Waals surface area contributed by atoms with Crippen molar-refractivity contribution in [3.63, 3.8) is 0 Å². The van der Waals surface area contributed by atoms with E-state index in [-0.39, 0.29) is 17.1 Å². The standard InChI is InChI=1S/C18H19N3O5/c1-9-6-11(8-21-17(9)19-10(2)20-21)12-7-13(18(22)23)15(25-4)16(26-5)14(12)24-3/h6-8H,1-5H3,(H,22,23). The van der Waals surface area contributed by atoms with E-state index in [2.05, 4.69) is 10.1 Å². The van der Waals surface area contributed by atoms with Crippen LogP contribution < -0.4 is 14.2 Å². The van der Waals surface area contributed by atoms with Crippen molar-refractivity contribution >= 4 is 11.6 Å². The lowest BCUT2D eigenvalue weighted by Gasteiger charge is -2.18. The number of methoxy groups -OCH3 is 3. The Morgan fingerprint density at radius 2 is 1.69 bits per heavy atom. The van der Waals surface area contributed by atoms with Gasteiger partial charge in [-0.1, -0.05) is 0 Å². The molecule has 0 amide bonds. The quantitative estimate of drug-likeness (QED) is 0.750. The maximum atomic E-state index is 11.7. The lowest BCUT2D eigenvalue weighted by molar-refractivity contribution is 0.0692. The lowest BCUT2D eigenvalue weighted by Crippen LogP contribution is -2.06. The molecule has 2 aromatic heterocycles. The van der Waals surface area contributed by atoms with Gasteiger partial charge in [-0.05, 0) is 31.5 Å². The number of rotatable bonds is 5. The zero-order valence-electron chi connectivity index (χ0n) is 15.2. The summed E-state index contributed by atoms with van der Waals surface area (Å²) in [5.74, 6) is 0.228. The van der Waals surface area contributed by atoms with Crippen LogP contribution in [0.4, 0.5) is 0 Å². The molecule has 1 aromatic carbocycles. The first-order valence-corrected chi connectivity index (χ1v) is 7.81. The van der Waals surface area contributed by atoms with Gasteiger partial charge in [0.15, 0.2) is 17.1 Å². The van der Waals surface area contributed by atoms with E-state index in [9.17, 15) is 9.90 Å². The third-order valence-electron chi connectivity index (χ3n) is 4.07. The predicted molar refractivity (Wildman–Crippen MR) is 94.5 cm³/mol. The van der Waals surface area contributed by atoms with Crippen molar-refractivity contribution in [2.75, 3.05) is 21.3 Å². The molecule has 1 N–H and O–H groups in total. The van der Waals surface area contributed by atoms with Crippen LogP contribution in [0, 0.1) is 13.8 Å². The number of aromatic nitrogens is 3. The number of hydrogen-bond acceptors (Lipinski definition) is 6. The molecule has 0 bridgehead atoms. The molecule has 8 heteroatoms. The molecular formula is C18H19N3O5. The Labute approximate surface area is 150 Å². The second-order valence-electron chi connectivity index (χ2n) is 5.72. The molecule has 0 radical (unpaired) electrons. The van der Waals surface area contributed by atoms with Gasteiger partial charge in [-0.2, -0.15) is 5.10 Å². The first-order chi connectivity index (χ1) is 12.4. The van der Waals surface area contributed by atoms with Gasteiger partial charge in [-0.15, -0.1) is 0 Å². The Morgan fingerprint density at radius 1 is 1.04 bits per heavy atom. The van der Waals surface area contributed by atoms with Gasteiger partial charge in [-0.25, -0.2) is 14.3 Å². The monoisotopic (exact) mass is 357 g/mol. The van der Waals surface area contributed by atoms with Crippen LogP contribution in [0.15, 0.2) is 18.3 Å². The molecule has 26 heavy (non-hydrogen) atoms. The van der Waals surface area contributed by atoms with E-state index >= 15 is 0 Å². The number of benzene rings is 1. The summed E-state index contributed by atoms with van der Waals surface area (Å²) in [6.07, 6.45) is 1.78. The Balaban J connectivity index is 2.37. The van der Waals surface area contributed by atoms with Gasteiger partial charge < -0.3 is 19.3 Å². The molecule has 0 fully saturated rings. The molecule has 136 valence electrons. The highest BCUT2D eigenvalue weighted by Gasteiger charge is 2.25. The maximum Gasteiger partial charge on any atom is 0.339 e. The minimum atomic E-state index is -1.13. The first-order valence-electron chi connectivity index (χ1n) is 7.81. The van der Waals surface area contributed by atoms with Crippen molar-refractivity contribution in [3.8, 4) is 28.4 Å². The van der Waals surface area contributed by atoms with Crippen molar-refractivity contribution < 1.29 is 24.1 Å². The topological polar surface area (TPSA) is 95.2 Å². The second-order valence-corrected chi connectivity index (χ2v) is 5.72. The molecule has 0 saturated heterocycles. The number of carboxylic acid groups (broad SMARTS) is 1. The van der Waals surface area contributed by atoms with Gasteiger partial charge in [0.1, 0.15) is 11.4 Å². The van der Waals surface area contributed by atoms with Crippen molar-refractivity contribution in [1.29, 1.82) is 0 Å². The molecule has 0 atom stereocenters. The van der Waals surface area contributed by atoms with E-state index in [1.807, 2.05) is 19.9 Å². The van der Waals surface area contributed by atoms with Crippen LogP contribution in [-0.4, -0.2) is 47.0 Å². The first kappa shape index (κ1) is 17.5. The third-order valence-corrected chi connectivity index (χ3v) is 4.07. The lowest BCUT2D eigenvalue weighted by atomic mass is 10.00. The summed E-state index contributed by atoms with van der Waals surface area (Å²) in [5.41, 5.74) is 2.90. The van der Waals surface area contributed by atoms with Gasteiger partial charge in [0, 0.05) is 17.3 Å². The Morgan fingerprint density at radius 3 is 2.27 bits per heavy atom. The fourth-order valence-corrected chi connectivity index (χ4v) is 2.99. The SMILES string of the molecule is COc1c(C(=O)O)cc(-c2cc(C)c3nc(C)nn3c2)c(OC)c1OC. The summed E-state index contributed by atoms with van der Waals surface area (Å²) in [5, 5.41) is 13.9. The van der Waals surface area contributed by atoms with Crippen LogP contribution in [0.2, 0.25) is 0 Å². The van der Waals surface area contributed by atoms with Crippen LogP contribution in [0.5, 0.6) is 17.2 Å². The molecule has 0 aliphatic rings. The van der Waals surface area contributed by atoms with Crippen LogP contribution in [0.1, 0.15) is 21.7 Å². The number of aryl methyl sites for hydroxylation is 2. The second kappa shape index (κ2) is 6.55. The smallest absolute Gasteiger partial charge is 0.339 e. The molecule has 8 nitrogen and oxygen atoms in total. The number of carboxylic acids is 1. The molecule has 3 rings (SSSR count). The van der Waals surface area contributed by atoms with E-state index in [0.29, 0.717) is 17.1 Å². The van der Waals surface area contributed by atoms with E-state index < -0.39 is 5.97 Å². The average molecular weight is 357 g/mol. The highest BCUT2D eigenvalue weighted by atomic mass is 16.5. The molecule has 0 aliphatic heterocycles. The normalized spacial score (nSPS) is 10.8. The fourth-order valence-electron chi connectivity index (χ4n) is 2.99. The minimum Gasteiger partial charge on any atom is -0.492 e. The Hall–Kier alpha value is -3.29. The van der Waals surface area contributed by atoms with E-state index in [4.69, 9.17) is 14.2 Å². The minimum absolute atomic E-state index is 0.0207. The van der Waals surface area contributed by atoms with Crippen molar-refractivity contribution in [2.24, 2.45) is 0 Å². The fraction of sp³-hybridized carbons (Fsp3) is 0.278. The molecule has 0 saturated carbocycles. The number of hydrogen-bond donors (Lipinski definition) is 1. The van der Waals surface area contributed by atoms with Gasteiger partial charge in [0.25, 0.3) is 0 Å². The van der Waals surface area contributed by atoms with Gasteiger partial charge in [-0.3, -0.25) is 0 Å². The van der Waals surface area contributed by atoms with Gasteiger partial charge in [0.2, 0.25) is 5.75 Å². The highest BCUT2D eigenvalue weighted by Crippen LogP contribution is 2.46. The Bertz CT molecular complexity index is 1010. The number of carbonyl (C=O) groups is 1. The zero-order chi connectivity index (χ0) is 19.0. The van der Waals surface area contributed by atoms with Crippen LogP contribution in [0.25, 0.3) is 16.8 Å². The average Bonchev–Trinajstić information content (AvgIpc) is 3.00.